The third kappa shape index (κ3) is 5.07. The summed E-state index contributed by atoms with van der Waals surface area (Å²) in [5.74, 6) is 0.215. The van der Waals surface area contributed by atoms with Crippen LogP contribution in [0.5, 0.6) is 11.5 Å². The SMILES string of the molecule is CCOCCN1CCC(C(=O)NO)(S(=O)(=O)c2ccc(Oc3ccccc3)cc2)CC1. The van der Waals surface area contributed by atoms with E-state index in [0.717, 1.165) is 0 Å². The van der Waals surface area contributed by atoms with Gasteiger partial charge in [0, 0.05) is 26.2 Å². The van der Waals surface area contributed by atoms with E-state index in [1.165, 1.54) is 12.1 Å². The quantitative estimate of drug-likeness (QED) is 0.345. The van der Waals surface area contributed by atoms with Crippen molar-refractivity contribution in [1.29, 1.82) is 0 Å². The van der Waals surface area contributed by atoms with E-state index in [9.17, 15) is 18.4 Å². The minimum Gasteiger partial charge on any atom is -0.457 e. The van der Waals surface area contributed by atoms with Crippen molar-refractivity contribution in [3.63, 3.8) is 0 Å². The molecular weight excluding hydrogens is 420 g/mol. The maximum atomic E-state index is 13.5. The lowest BCUT2D eigenvalue weighted by molar-refractivity contribution is -0.133. The van der Waals surface area contributed by atoms with E-state index in [4.69, 9.17) is 9.47 Å². The van der Waals surface area contributed by atoms with Crippen LogP contribution in [0, 0.1) is 0 Å². The third-order valence-corrected chi connectivity index (χ3v) is 8.08. The number of amides is 1. The molecule has 2 aromatic carbocycles. The van der Waals surface area contributed by atoms with E-state index in [2.05, 4.69) is 4.90 Å². The van der Waals surface area contributed by atoms with Gasteiger partial charge in [0.25, 0.3) is 5.91 Å². The van der Waals surface area contributed by atoms with Gasteiger partial charge in [-0.05, 0) is 56.2 Å². The lowest BCUT2D eigenvalue weighted by Gasteiger charge is -2.39. The van der Waals surface area contributed by atoms with Gasteiger partial charge < -0.3 is 14.4 Å². The first-order valence-corrected chi connectivity index (χ1v) is 11.7. The number of benzene rings is 2. The van der Waals surface area contributed by atoms with Gasteiger partial charge in [-0.15, -0.1) is 0 Å². The number of rotatable bonds is 9. The number of nitrogens with one attached hydrogen (secondary N) is 1. The van der Waals surface area contributed by atoms with Crippen LogP contribution >= 0.6 is 0 Å². The number of sulfone groups is 1. The van der Waals surface area contributed by atoms with Crippen LogP contribution in [0.25, 0.3) is 0 Å². The maximum absolute atomic E-state index is 13.5. The molecule has 9 heteroatoms. The number of nitrogens with zero attached hydrogens (tertiary/aromatic N) is 1. The standard InChI is InChI=1S/C22H28N2O6S/c1-2-29-17-16-24-14-12-22(13-15-24,21(25)23-26)31(27,28)20-10-8-19(9-11-20)30-18-6-4-3-5-7-18/h3-11,26H,2,12-17H2,1H3,(H,23,25). The summed E-state index contributed by atoms with van der Waals surface area (Å²) in [6.45, 7) is 4.56. The molecule has 3 rings (SSSR count). The molecule has 0 aliphatic carbocycles. The van der Waals surface area contributed by atoms with Crippen LogP contribution in [0.15, 0.2) is 59.5 Å². The number of likely N-dealkylation sites (tertiary alicyclic amines) is 1. The topological polar surface area (TPSA) is 105 Å². The molecule has 0 unspecified atom stereocenters. The Labute approximate surface area is 182 Å². The summed E-state index contributed by atoms with van der Waals surface area (Å²) in [7, 11) is -4.06. The number of hydrogen-bond donors (Lipinski definition) is 2. The van der Waals surface area contributed by atoms with Gasteiger partial charge in [-0.25, -0.2) is 13.9 Å². The van der Waals surface area contributed by atoms with E-state index in [0.29, 0.717) is 44.3 Å². The minimum absolute atomic E-state index is 0.0132. The van der Waals surface area contributed by atoms with Crippen LogP contribution < -0.4 is 10.2 Å². The van der Waals surface area contributed by atoms with E-state index in [1.807, 2.05) is 25.1 Å². The minimum atomic E-state index is -4.06. The summed E-state index contributed by atoms with van der Waals surface area (Å²) in [6, 6.07) is 15.1. The van der Waals surface area contributed by atoms with Gasteiger partial charge in [-0.1, -0.05) is 18.2 Å². The molecule has 8 nitrogen and oxygen atoms in total. The Hall–Kier alpha value is -2.46. The van der Waals surface area contributed by atoms with Crippen molar-refractivity contribution in [2.75, 3.05) is 32.8 Å². The lowest BCUT2D eigenvalue weighted by Crippen LogP contribution is -2.58. The van der Waals surface area contributed by atoms with Crippen molar-refractivity contribution < 1.29 is 27.9 Å². The average Bonchev–Trinajstić information content (AvgIpc) is 2.80. The second-order valence-corrected chi connectivity index (χ2v) is 9.62. The summed E-state index contributed by atoms with van der Waals surface area (Å²) in [5.41, 5.74) is 1.58. The Kier molecular flexibility index (Phi) is 7.66. The maximum Gasteiger partial charge on any atom is 0.265 e. The normalized spacial score (nSPS) is 16.6. The van der Waals surface area contributed by atoms with Crippen LogP contribution in [0.1, 0.15) is 19.8 Å². The molecule has 2 aromatic rings. The van der Waals surface area contributed by atoms with Crippen molar-refractivity contribution in [2.45, 2.75) is 29.4 Å². The summed E-state index contributed by atoms with van der Waals surface area (Å²) in [4.78, 5) is 14.6. The number of carbonyl (C=O) groups is 1. The van der Waals surface area contributed by atoms with Crippen LogP contribution in [-0.4, -0.2) is 62.0 Å². The molecular formula is C22H28N2O6S. The Morgan fingerprint density at radius 1 is 1.06 bits per heavy atom. The molecule has 1 saturated heterocycles. The van der Waals surface area contributed by atoms with Crippen molar-refractivity contribution >= 4 is 15.7 Å². The molecule has 1 aliphatic heterocycles. The molecule has 1 amide bonds. The van der Waals surface area contributed by atoms with E-state index in [1.54, 1.807) is 29.7 Å². The molecule has 0 spiro atoms. The predicted octanol–water partition coefficient (Wildman–Crippen LogP) is 2.63. The van der Waals surface area contributed by atoms with Gasteiger partial charge in [-0.3, -0.25) is 10.0 Å². The zero-order valence-electron chi connectivity index (χ0n) is 17.5. The second-order valence-electron chi connectivity index (χ2n) is 7.36. The summed E-state index contributed by atoms with van der Waals surface area (Å²) in [6.07, 6.45) is 0.159. The molecule has 0 radical (unpaired) electrons. The van der Waals surface area contributed by atoms with Crippen LogP contribution in [0.2, 0.25) is 0 Å². The highest BCUT2D eigenvalue weighted by Crippen LogP contribution is 2.36. The fourth-order valence-electron chi connectivity index (χ4n) is 3.73. The summed E-state index contributed by atoms with van der Waals surface area (Å²) in [5, 5.41) is 9.29. The van der Waals surface area contributed by atoms with Gasteiger partial charge in [0.15, 0.2) is 14.6 Å². The Balaban J connectivity index is 1.79. The Morgan fingerprint density at radius 3 is 2.26 bits per heavy atom. The van der Waals surface area contributed by atoms with Crippen LogP contribution in [0.3, 0.4) is 0 Å². The van der Waals surface area contributed by atoms with Gasteiger partial charge in [0.05, 0.1) is 11.5 Å². The van der Waals surface area contributed by atoms with E-state index < -0.39 is 20.5 Å². The second kappa shape index (κ2) is 10.2. The monoisotopic (exact) mass is 448 g/mol. The highest BCUT2D eigenvalue weighted by Gasteiger charge is 2.52. The molecule has 0 atom stereocenters. The first kappa shape index (κ1) is 23.2. The molecule has 31 heavy (non-hydrogen) atoms. The first-order valence-electron chi connectivity index (χ1n) is 10.2. The lowest BCUT2D eigenvalue weighted by atomic mass is 9.95. The van der Waals surface area contributed by atoms with Gasteiger partial charge in [-0.2, -0.15) is 0 Å². The van der Waals surface area contributed by atoms with E-state index in [-0.39, 0.29) is 17.7 Å². The molecule has 1 fully saturated rings. The number of piperidine rings is 1. The fraction of sp³-hybridized carbons (Fsp3) is 0.409. The fourth-order valence-corrected chi connectivity index (χ4v) is 5.69. The van der Waals surface area contributed by atoms with Crippen molar-refractivity contribution in [3.05, 3.63) is 54.6 Å². The van der Waals surface area contributed by atoms with Crippen molar-refractivity contribution in [1.82, 2.24) is 10.4 Å². The summed E-state index contributed by atoms with van der Waals surface area (Å²) < 4.78 is 36.3. The average molecular weight is 449 g/mol. The van der Waals surface area contributed by atoms with Crippen LogP contribution in [-0.2, 0) is 19.4 Å². The summed E-state index contributed by atoms with van der Waals surface area (Å²) >= 11 is 0. The first-order chi connectivity index (χ1) is 14.9. The van der Waals surface area contributed by atoms with Gasteiger partial charge in [0.1, 0.15) is 11.5 Å². The zero-order chi connectivity index (χ0) is 22.3. The molecule has 1 heterocycles. The zero-order valence-corrected chi connectivity index (χ0v) is 18.3. The van der Waals surface area contributed by atoms with Gasteiger partial charge in [0.2, 0.25) is 0 Å². The Morgan fingerprint density at radius 2 is 1.68 bits per heavy atom. The van der Waals surface area contributed by atoms with E-state index >= 15 is 0 Å². The third-order valence-electron chi connectivity index (χ3n) is 5.56. The predicted molar refractivity (Wildman–Crippen MR) is 115 cm³/mol. The number of para-hydroxylation sites is 1. The number of hydroxylamine groups is 1. The molecule has 168 valence electrons. The molecule has 1 aliphatic rings. The largest absolute Gasteiger partial charge is 0.457 e. The van der Waals surface area contributed by atoms with Crippen molar-refractivity contribution in [2.24, 2.45) is 0 Å². The van der Waals surface area contributed by atoms with Crippen molar-refractivity contribution in [3.8, 4) is 11.5 Å². The number of hydrogen-bond acceptors (Lipinski definition) is 7. The molecule has 0 saturated carbocycles. The highest BCUT2D eigenvalue weighted by molar-refractivity contribution is 7.93. The molecule has 0 bridgehead atoms. The smallest absolute Gasteiger partial charge is 0.265 e. The molecule has 0 aromatic heterocycles. The number of carbonyl (C=O) groups excluding carboxylic acids is 1. The Bertz CT molecular complexity index is 955. The highest BCUT2D eigenvalue weighted by atomic mass is 32.2. The van der Waals surface area contributed by atoms with Gasteiger partial charge >= 0.3 is 0 Å². The van der Waals surface area contributed by atoms with Crippen LogP contribution in [0.4, 0.5) is 0 Å². The molecule has 2 N–H and O–H groups in total. The number of ether oxygens (including phenoxy) is 2.